The minimum absolute atomic E-state index is 0.272. The third kappa shape index (κ3) is 5.70. The van der Waals surface area contributed by atoms with Crippen LogP contribution in [0.25, 0.3) is 0 Å². The maximum Gasteiger partial charge on any atom is 0.140 e. The van der Waals surface area contributed by atoms with Crippen molar-refractivity contribution in [2.45, 2.75) is 32.6 Å². The molecule has 0 unspecified atom stereocenters. The lowest BCUT2D eigenvalue weighted by Gasteiger charge is -2.01. The van der Waals surface area contributed by atoms with E-state index in [-0.39, 0.29) is 5.78 Å². The number of Topliss-reactive ketones (excluding diaryl/α,β-unsaturated/α-hetero) is 1. The van der Waals surface area contributed by atoms with E-state index in [1.807, 2.05) is 17.5 Å². The molecule has 1 rings (SSSR count). The Morgan fingerprint density at radius 2 is 2.33 bits per heavy atom. The highest BCUT2D eigenvalue weighted by Gasteiger charge is 2.04. The van der Waals surface area contributed by atoms with Crippen LogP contribution in [0, 0.1) is 0 Å². The molecule has 0 saturated carbocycles. The molecule has 0 aromatic carbocycles. The number of unbranched alkanes of at least 4 members (excludes halogenated alkanes) is 1. The topological polar surface area (TPSA) is 26.3 Å². The van der Waals surface area contributed by atoms with Crippen LogP contribution in [-0.4, -0.2) is 19.0 Å². The molecule has 2 nitrogen and oxygen atoms in total. The SMILES string of the molecule is CCCCOCCC(=O)Cc1cccs1. The van der Waals surface area contributed by atoms with E-state index >= 15 is 0 Å². The van der Waals surface area contributed by atoms with Gasteiger partial charge in [0.1, 0.15) is 5.78 Å². The van der Waals surface area contributed by atoms with Gasteiger partial charge in [-0.25, -0.2) is 0 Å². The van der Waals surface area contributed by atoms with E-state index in [1.54, 1.807) is 11.3 Å². The van der Waals surface area contributed by atoms with Crippen LogP contribution in [-0.2, 0) is 16.0 Å². The van der Waals surface area contributed by atoms with Crippen molar-refractivity contribution in [3.63, 3.8) is 0 Å². The molecule has 0 fully saturated rings. The van der Waals surface area contributed by atoms with E-state index in [0.29, 0.717) is 19.4 Å². The first-order valence-electron chi connectivity index (χ1n) is 5.44. The molecule has 0 amide bonds. The molecular weight excluding hydrogens is 208 g/mol. The summed E-state index contributed by atoms with van der Waals surface area (Å²) >= 11 is 1.64. The van der Waals surface area contributed by atoms with Crippen molar-refractivity contribution < 1.29 is 9.53 Å². The van der Waals surface area contributed by atoms with Crippen molar-refractivity contribution >= 4 is 17.1 Å². The lowest BCUT2D eigenvalue weighted by Crippen LogP contribution is -2.07. The summed E-state index contributed by atoms with van der Waals surface area (Å²) in [5.74, 6) is 0.272. The number of rotatable bonds is 8. The molecule has 0 atom stereocenters. The molecule has 0 spiro atoms. The summed E-state index contributed by atoms with van der Waals surface area (Å²) in [6, 6.07) is 3.98. The van der Waals surface area contributed by atoms with Gasteiger partial charge in [-0.15, -0.1) is 11.3 Å². The molecule has 1 aromatic heterocycles. The fraction of sp³-hybridized carbons (Fsp3) is 0.583. The van der Waals surface area contributed by atoms with Gasteiger partial charge in [0.2, 0.25) is 0 Å². The highest BCUT2D eigenvalue weighted by atomic mass is 32.1. The molecule has 0 bridgehead atoms. The van der Waals surface area contributed by atoms with Gasteiger partial charge in [-0.05, 0) is 17.9 Å². The van der Waals surface area contributed by atoms with Gasteiger partial charge in [0, 0.05) is 24.3 Å². The van der Waals surface area contributed by atoms with Crippen LogP contribution in [0.4, 0.5) is 0 Å². The lowest BCUT2D eigenvalue weighted by molar-refractivity contribution is -0.119. The second-order valence-corrected chi connectivity index (χ2v) is 4.54. The first kappa shape index (κ1) is 12.4. The number of thiophene rings is 1. The Hall–Kier alpha value is -0.670. The van der Waals surface area contributed by atoms with Gasteiger partial charge in [-0.3, -0.25) is 4.79 Å². The third-order valence-electron chi connectivity index (χ3n) is 2.12. The fourth-order valence-electron chi connectivity index (χ4n) is 1.23. The standard InChI is InChI=1S/C12H18O2S/c1-2-3-7-14-8-6-11(13)10-12-5-4-9-15-12/h4-5,9H,2-3,6-8,10H2,1H3. The van der Waals surface area contributed by atoms with Crippen LogP contribution in [0.5, 0.6) is 0 Å². The van der Waals surface area contributed by atoms with E-state index in [4.69, 9.17) is 4.74 Å². The Morgan fingerprint density at radius 1 is 1.47 bits per heavy atom. The monoisotopic (exact) mass is 226 g/mol. The Labute approximate surface area is 95.3 Å². The minimum atomic E-state index is 0.272. The quantitative estimate of drug-likeness (QED) is 0.637. The molecule has 84 valence electrons. The van der Waals surface area contributed by atoms with Gasteiger partial charge in [-0.2, -0.15) is 0 Å². The molecule has 3 heteroatoms. The number of hydrogen-bond acceptors (Lipinski definition) is 3. The molecule has 0 aliphatic carbocycles. The second-order valence-electron chi connectivity index (χ2n) is 3.51. The summed E-state index contributed by atoms with van der Waals surface area (Å²) in [4.78, 5) is 12.6. The van der Waals surface area contributed by atoms with Gasteiger partial charge in [0.15, 0.2) is 0 Å². The second kappa shape index (κ2) is 7.60. The molecule has 1 aromatic rings. The Kier molecular flexibility index (Phi) is 6.28. The number of ketones is 1. The zero-order chi connectivity index (χ0) is 10.9. The number of carbonyl (C=O) groups is 1. The van der Waals surface area contributed by atoms with Crippen molar-refractivity contribution in [3.05, 3.63) is 22.4 Å². The smallest absolute Gasteiger partial charge is 0.140 e. The van der Waals surface area contributed by atoms with Crippen LogP contribution < -0.4 is 0 Å². The largest absolute Gasteiger partial charge is 0.381 e. The van der Waals surface area contributed by atoms with Crippen molar-refractivity contribution in [1.82, 2.24) is 0 Å². The average Bonchev–Trinajstić information content (AvgIpc) is 2.70. The number of carbonyl (C=O) groups excluding carboxylic acids is 1. The zero-order valence-corrected chi connectivity index (χ0v) is 10.0. The molecule has 0 saturated heterocycles. The summed E-state index contributed by atoms with van der Waals surface area (Å²) in [6.45, 7) is 3.48. The molecule has 1 heterocycles. The van der Waals surface area contributed by atoms with E-state index in [0.717, 1.165) is 24.3 Å². The van der Waals surface area contributed by atoms with Crippen molar-refractivity contribution in [2.24, 2.45) is 0 Å². The molecule has 0 aliphatic heterocycles. The highest BCUT2D eigenvalue weighted by Crippen LogP contribution is 2.10. The number of ether oxygens (including phenoxy) is 1. The summed E-state index contributed by atoms with van der Waals surface area (Å²) in [5, 5.41) is 2.00. The van der Waals surface area contributed by atoms with E-state index in [2.05, 4.69) is 6.92 Å². The van der Waals surface area contributed by atoms with Gasteiger partial charge in [0.25, 0.3) is 0 Å². The molecular formula is C12H18O2S. The van der Waals surface area contributed by atoms with E-state index in [1.165, 1.54) is 0 Å². The predicted molar refractivity (Wildman–Crippen MR) is 63.4 cm³/mol. The van der Waals surface area contributed by atoms with Crippen LogP contribution in [0.3, 0.4) is 0 Å². The minimum Gasteiger partial charge on any atom is -0.381 e. The fourth-order valence-corrected chi connectivity index (χ4v) is 1.96. The van der Waals surface area contributed by atoms with Crippen molar-refractivity contribution in [3.8, 4) is 0 Å². The molecule has 0 radical (unpaired) electrons. The van der Waals surface area contributed by atoms with E-state index in [9.17, 15) is 4.79 Å². The normalized spacial score (nSPS) is 10.5. The number of hydrogen-bond donors (Lipinski definition) is 0. The summed E-state index contributed by atoms with van der Waals surface area (Å²) in [5.41, 5.74) is 0. The van der Waals surface area contributed by atoms with E-state index < -0.39 is 0 Å². The average molecular weight is 226 g/mol. The third-order valence-corrected chi connectivity index (χ3v) is 3.00. The molecule has 0 N–H and O–H groups in total. The Balaban J connectivity index is 2.04. The van der Waals surface area contributed by atoms with Gasteiger partial charge >= 0.3 is 0 Å². The van der Waals surface area contributed by atoms with Crippen LogP contribution in [0.2, 0.25) is 0 Å². The van der Waals surface area contributed by atoms with Crippen LogP contribution in [0.1, 0.15) is 31.1 Å². The first-order chi connectivity index (χ1) is 7.33. The summed E-state index contributed by atoms with van der Waals surface area (Å²) < 4.78 is 5.35. The van der Waals surface area contributed by atoms with Gasteiger partial charge in [-0.1, -0.05) is 19.4 Å². The maximum absolute atomic E-state index is 11.5. The summed E-state index contributed by atoms with van der Waals surface area (Å²) in [6.07, 6.45) is 3.33. The maximum atomic E-state index is 11.5. The first-order valence-corrected chi connectivity index (χ1v) is 6.32. The van der Waals surface area contributed by atoms with Crippen LogP contribution in [0.15, 0.2) is 17.5 Å². The van der Waals surface area contributed by atoms with Gasteiger partial charge in [0.05, 0.1) is 6.61 Å². The Bertz CT molecular complexity index is 267. The lowest BCUT2D eigenvalue weighted by atomic mass is 10.2. The summed E-state index contributed by atoms with van der Waals surface area (Å²) in [7, 11) is 0. The molecule has 15 heavy (non-hydrogen) atoms. The molecule has 0 aliphatic rings. The van der Waals surface area contributed by atoms with Crippen molar-refractivity contribution in [2.75, 3.05) is 13.2 Å². The van der Waals surface area contributed by atoms with Gasteiger partial charge < -0.3 is 4.74 Å². The highest BCUT2D eigenvalue weighted by molar-refractivity contribution is 7.10. The Morgan fingerprint density at radius 3 is 3.00 bits per heavy atom. The van der Waals surface area contributed by atoms with Crippen LogP contribution >= 0.6 is 11.3 Å². The predicted octanol–water partition coefficient (Wildman–Crippen LogP) is 3.07. The zero-order valence-electron chi connectivity index (χ0n) is 9.20. The van der Waals surface area contributed by atoms with Crippen molar-refractivity contribution in [1.29, 1.82) is 0 Å².